The van der Waals surface area contributed by atoms with Gasteiger partial charge < -0.3 is 5.32 Å². The first-order valence-corrected chi connectivity index (χ1v) is 6.10. The van der Waals surface area contributed by atoms with Crippen LogP contribution in [0, 0.1) is 12.7 Å². The van der Waals surface area contributed by atoms with Crippen molar-refractivity contribution in [2.45, 2.75) is 6.92 Å². The lowest BCUT2D eigenvalue weighted by atomic mass is 10.2. The Labute approximate surface area is 88.3 Å². The molecule has 0 spiro atoms. The molecule has 6 heteroatoms. The van der Waals surface area contributed by atoms with Gasteiger partial charge in [0.2, 0.25) is 10.0 Å². The lowest BCUT2D eigenvalue weighted by Gasteiger charge is -2.06. The van der Waals surface area contributed by atoms with Crippen LogP contribution >= 0.6 is 0 Å². The fourth-order valence-corrected chi connectivity index (χ4v) is 1.43. The van der Waals surface area contributed by atoms with Crippen molar-refractivity contribution in [3.05, 3.63) is 29.6 Å². The molecular weight excluding hydrogens is 219 g/mol. The molecule has 1 aromatic carbocycles. The van der Waals surface area contributed by atoms with E-state index in [1.807, 2.05) is 0 Å². The molecule has 4 nitrogen and oxygen atoms in total. The summed E-state index contributed by atoms with van der Waals surface area (Å²) >= 11 is 0. The molecule has 0 aliphatic carbocycles. The summed E-state index contributed by atoms with van der Waals surface area (Å²) < 4.78 is 34.3. The Morgan fingerprint density at radius 3 is 2.67 bits per heavy atom. The summed E-state index contributed by atoms with van der Waals surface area (Å²) in [5.41, 5.74) is 1.09. The zero-order valence-electron chi connectivity index (χ0n) is 8.33. The van der Waals surface area contributed by atoms with Crippen LogP contribution < -0.4 is 10.5 Å². The van der Waals surface area contributed by atoms with E-state index in [4.69, 9.17) is 5.14 Å². The summed E-state index contributed by atoms with van der Waals surface area (Å²) in [5, 5.41) is 7.58. The molecule has 0 bridgehead atoms. The van der Waals surface area contributed by atoms with Crippen molar-refractivity contribution in [1.29, 1.82) is 0 Å². The molecule has 0 aromatic heterocycles. The zero-order chi connectivity index (χ0) is 11.5. The number of nitrogens with one attached hydrogen (secondary N) is 1. The average molecular weight is 232 g/mol. The number of sulfonamides is 1. The minimum Gasteiger partial charge on any atom is -0.384 e. The second-order valence-electron chi connectivity index (χ2n) is 3.26. The van der Waals surface area contributed by atoms with Crippen LogP contribution in [0.1, 0.15) is 5.56 Å². The van der Waals surface area contributed by atoms with E-state index >= 15 is 0 Å². The van der Waals surface area contributed by atoms with Crippen molar-refractivity contribution < 1.29 is 12.8 Å². The number of anilines is 1. The van der Waals surface area contributed by atoms with Gasteiger partial charge in [0.25, 0.3) is 0 Å². The summed E-state index contributed by atoms with van der Waals surface area (Å²) in [5.74, 6) is -0.502. The van der Waals surface area contributed by atoms with E-state index in [0.717, 1.165) is 0 Å². The molecule has 84 valence electrons. The Bertz CT molecular complexity index is 445. The van der Waals surface area contributed by atoms with Crippen LogP contribution in [0.3, 0.4) is 0 Å². The smallest absolute Gasteiger partial charge is 0.210 e. The molecule has 0 unspecified atom stereocenters. The van der Waals surface area contributed by atoms with Crippen molar-refractivity contribution >= 4 is 15.7 Å². The third-order valence-corrected chi connectivity index (χ3v) is 2.66. The molecule has 1 aromatic rings. The number of hydrogen-bond acceptors (Lipinski definition) is 3. The Hall–Kier alpha value is -1.14. The number of halogens is 1. The van der Waals surface area contributed by atoms with Gasteiger partial charge in [-0.1, -0.05) is 6.07 Å². The van der Waals surface area contributed by atoms with Gasteiger partial charge in [-0.3, -0.25) is 0 Å². The van der Waals surface area contributed by atoms with E-state index in [1.165, 1.54) is 6.07 Å². The Balaban J connectivity index is 2.55. The average Bonchev–Trinajstić information content (AvgIpc) is 2.09. The van der Waals surface area contributed by atoms with Gasteiger partial charge in [-0.2, -0.15) is 0 Å². The van der Waals surface area contributed by atoms with Gasteiger partial charge >= 0.3 is 0 Å². The van der Waals surface area contributed by atoms with Gasteiger partial charge in [0.1, 0.15) is 5.82 Å². The number of aryl methyl sites for hydroxylation is 1. The van der Waals surface area contributed by atoms with Crippen LogP contribution in [-0.4, -0.2) is 20.7 Å². The monoisotopic (exact) mass is 232 g/mol. The molecule has 0 radical (unpaired) electrons. The van der Waals surface area contributed by atoms with E-state index in [2.05, 4.69) is 5.32 Å². The molecule has 0 aliphatic heterocycles. The van der Waals surface area contributed by atoms with E-state index < -0.39 is 10.0 Å². The molecule has 0 fully saturated rings. The first kappa shape index (κ1) is 11.9. The highest BCUT2D eigenvalue weighted by Gasteiger charge is 2.02. The summed E-state index contributed by atoms with van der Waals surface area (Å²) in [6.07, 6.45) is 0. The highest BCUT2D eigenvalue weighted by Crippen LogP contribution is 2.12. The fourth-order valence-electron chi connectivity index (χ4n) is 1.04. The predicted octanol–water partition coefficient (Wildman–Crippen LogP) is 0.835. The first-order valence-electron chi connectivity index (χ1n) is 4.39. The summed E-state index contributed by atoms with van der Waals surface area (Å²) in [4.78, 5) is 0. The minimum atomic E-state index is -3.47. The normalized spacial score (nSPS) is 11.4. The second kappa shape index (κ2) is 4.59. The van der Waals surface area contributed by atoms with Crippen LogP contribution in [0.2, 0.25) is 0 Å². The molecule has 0 amide bonds. The maximum absolute atomic E-state index is 13.1. The maximum Gasteiger partial charge on any atom is 0.210 e. The van der Waals surface area contributed by atoms with Gasteiger partial charge in [-0.05, 0) is 24.6 Å². The van der Waals surface area contributed by atoms with Gasteiger partial charge in [-0.25, -0.2) is 17.9 Å². The van der Waals surface area contributed by atoms with Gasteiger partial charge in [0.05, 0.1) is 5.75 Å². The third kappa shape index (κ3) is 4.26. The van der Waals surface area contributed by atoms with Gasteiger partial charge in [-0.15, -0.1) is 0 Å². The number of hydrogen-bond donors (Lipinski definition) is 2. The molecule has 0 aliphatic rings. The highest BCUT2D eigenvalue weighted by atomic mass is 32.2. The molecule has 0 heterocycles. The molecule has 0 saturated heterocycles. The molecule has 0 saturated carbocycles. The van der Waals surface area contributed by atoms with Crippen LogP contribution in [0.25, 0.3) is 0 Å². The Morgan fingerprint density at radius 1 is 1.47 bits per heavy atom. The standard InChI is InChI=1S/C9H13FN2O2S/c1-7-2-3-8(6-9(7)10)12-4-5-15(11,13)14/h2-3,6,12H,4-5H2,1H3,(H2,11,13,14). The SMILES string of the molecule is Cc1ccc(NCCS(N)(=O)=O)cc1F. The molecular formula is C9H13FN2O2S. The third-order valence-electron chi connectivity index (χ3n) is 1.89. The Kier molecular flexibility index (Phi) is 3.65. The second-order valence-corrected chi connectivity index (χ2v) is 4.99. The van der Waals surface area contributed by atoms with Crippen molar-refractivity contribution in [3.8, 4) is 0 Å². The largest absolute Gasteiger partial charge is 0.384 e. The van der Waals surface area contributed by atoms with E-state index in [-0.39, 0.29) is 18.1 Å². The number of primary sulfonamides is 1. The Morgan fingerprint density at radius 2 is 2.13 bits per heavy atom. The van der Waals surface area contributed by atoms with Gasteiger partial charge in [0.15, 0.2) is 0 Å². The fraction of sp³-hybridized carbons (Fsp3) is 0.333. The summed E-state index contributed by atoms with van der Waals surface area (Å²) in [6.45, 7) is 1.82. The van der Waals surface area contributed by atoms with E-state index in [9.17, 15) is 12.8 Å². The summed E-state index contributed by atoms with van der Waals surface area (Å²) in [7, 11) is -3.47. The number of rotatable bonds is 4. The number of nitrogens with two attached hydrogens (primary N) is 1. The maximum atomic E-state index is 13.1. The quantitative estimate of drug-likeness (QED) is 0.807. The minimum absolute atomic E-state index is 0.168. The zero-order valence-corrected chi connectivity index (χ0v) is 9.14. The van der Waals surface area contributed by atoms with Crippen molar-refractivity contribution in [2.75, 3.05) is 17.6 Å². The molecule has 3 N–H and O–H groups in total. The summed E-state index contributed by atoms with van der Waals surface area (Å²) in [6, 6.07) is 4.62. The van der Waals surface area contributed by atoms with Crippen LogP contribution in [0.15, 0.2) is 18.2 Å². The van der Waals surface area contributed by atoms with Crippen molar-refractivity contribution in [1.82, 2.24) is 0 Å². The van der Waals surface area contributed by atoms with Crippen molar-refractivity contribution in [3.63, 3.8) is 0 Å². The topological polar surface area (TPSA) is 72.2 Å². The van der Waals surface area contributed by atoms with Crippen LogP contribution in [0.5, 0.6) is 0 Å². The van der Waals surface area contributed by atoms with Gasteiger partial charge in [0, 0.05) is 12.2 Å². The molecule has 0 atom stereocenters. The lowest BCUT2D eigenvalue weighted by Crippen LogP contribution is -2.22. The van der Waals surface area contributed by atoms with Crippen LogP contribution in [-0.2, 0) is 10.0 Å². The highest BCUT2D eigenvalue weighted by molar-refractivity contribution is 7.89. The van der Waals surface area contributed by atoms with E-state index in [1.54, 1.807) is 19.1 Å². The first-order chi connectivity index (χ1) is 6.88. The molecule has 1 rings (SSSR count). The molecule has 15 heavy (non-hydrogen) atoms. The van der Waals surface area contributed by atoms with E-state index in [0.29, 0.717) is 11.3 Å². The van der Waals surface area contributed by atoms with Crippen molar-refractivity contribution in [2.24, 2.45) is 5.14 Å². The van der Waals surface area contributed by atoms with Crippen LogP contribution in [0.4, 0.5) is 10.1 Å². The number of benzene rings is 1. The predicted molar refractivity (Wildman–Crippen MR) is 57.6 cm³/mol. The lowest BCUT2D eigenvalue weighted by molar-refractivity contribution is 0.598.